The maximum absolute atomic E-state index is 11.9. The molecule has 0 aromatic heterocycles. The van der Waals surface area contributed by atoms with Gasteiger partial charge < -0.3 is 15.4 Å². The fourth-order valence-electron chi connectivity index (χ4n) is 1.90. The second-order valence-electron chi connectivity index (χ2n) is 5.42. The molecule has 0 aliphatic heterocycles. The van der Waals surface area contributed by atoms with E-state index in [9.17, 15) is 9.59 Å². The molecule has 5 nitrogen and oxygen atoms in total. The Kier molecular flexibility index (Phi) is 7.75. The summed E-state index contributed by atoms with van der Waals surface area (Å²) in [7, 11) is 1.56. The molecule has 0 aliphatic rings. The Labute approximate surface area is 131 Å². The maximum atomic E-state index is 11.9. The van der Waals surface area contributed by atoms with E-state index in [0.717, 1.165) is 12.0 Å². The number of ether oxygens (including phenoxy) is 1. The Morgan fingerprint density at radius 1 is 1.23 bits per heavy atom. The Bertz CT molecular complexity index is 498. The lowest BCUT2D eigenvalue weighted by molar-refractivity contribution is -0.116. The molecule has 5 heteroatoms. The molecule has 1 rings (SSSR count). The molecular weight excluding hydrogens is 280 g/mol. The van der Waals surface area contributed by atoms with Gasteiger partial charge in [-0.3, -0.25) is 4.79 Å². The molecule has 120 valence electrons. The van der Waals surface area contributed by atoms with Crippen LogP contribution >= 0.6 is 0 Å². The largest absolute Gasteiger partial charge is 0.445 e. The second-order valence-corrected chi connectivity index (χ2v) is 5.42. The quantitative estimate of drug-likeness (QED) is 0.761. The summed E-state index contributed by atoms with van der Waals surface area (Å²) in [5.74, 6) is 0.182. The Morgan fingerprint density at radius 3 is 2.50 bits per heavy atom. The zero-order valence-electron chi connectivity index (χ0n) is 13.3. The SMILES string of the molecule is CNC(=O)/C=C/[C@H](CC(C)C)NC(=O)OCc1ccccc1. The van der Waals surface area contributed by atoms with Gasteiger partial charge in [0.25, 0.3) is 0 Å². The van der Waals surface area contributed by atoms with Gasteiger partial charge in [-0.2, -0.15) is 0 Å². The average Bonchev–Trinajstić information content (AvgIpc) is 2.50. The number of carbonyl (C=O) groups is 2. The van der Waals surface area contributed by atoms with E-state index in [4.69, 9.17) is 4.74 Å². The second kappa shape index (κ2) is 9.60. The standard InChI is InChI=1S/C17H24N2O3/c1-13(2)11-15(9-10-16(20)18-3)19-17(21)22-12-14-7-5-4-6-8-14/h4-10,13,15H,11-12H2,1-3H3,(H,18,20)(H,19,21)/b10-9+/t15-/m1/s1. The van der Waals surface area contributed by atoms with Crippen molar-refractivity contribution >= 4 is 12.0 Å². The summed E-state index contributed by atoms with van der Waals surface area (Å²) >= 11 is 0. The lowest BCUT2D eigenvalue weighted by Crippen LogP contribution is -2.35. The first-order valence-electron chi connectivity index (χ1n) is 7.38. The third kappa shape index (κ3) is 7.47. The number of benzene rings is 1. The van der Waals surface area contributed by atoms with Crippen LogP contribution in [-0.4, -0.2) is 25.1 Å². The molecule has 2 N–H and O–H groups in total. The van der Waals surface area contributed by atoms with Crippen molar-refractivity contribution in [3.63, 3.8) is 0 Å². The van der Waals surface area contributed by atoms with E-state index >= 15 is 0 Å². The van der Waals surface area contributed by atoms with Crippen LogP contribution in [0.1, 0.15) is 25.8 Å². The van der Waals surface area contributed by atoms with Crippen molar-refractivity contribution in [3.8, 4) is 0 Å². The van der Waals surface area contributed by atoms with Gasteiger partial charge in [-0.15, -0.1) is 0 Å². The molecule has 0 unspecified atom stereocenters. The Hall–Kier alpha value is -2.30. The third-order valence-electron chi connectivity index (χ3n) is 2.97. The Morgan fingerprint density at radius 2 is 1.91 bits per heavy atom. The number of carbonyl (C=O) groups excluding carboxylic acids is 2. The highest BCUT2D eigenvalue weighted by molar-refractivity contribution is 5.87. The van der Waals surface area contributed by atoms with Crippen LogP contribution in [0.2, 0.25) is 0 Å². The fraction of sp³-hybridized carbons (Fsp3) is 0.412. The van der Waals surface area contributed by atoms with Crippen LogP contribution in [0.15, 0.2) is 42.5 Å². The number of amides is 2. The number of hydrogen-bond acceptors (Lipinski definition) is 3. The van der Waals surface area contributed by atoms with E-state index in [0.29, 0.717) is 5.92 Å². The fourth-order valence-corrected chi connectivity index (χ4v) is 1.90. The summed E-state index contributed by atoms with van der Waals surface area (Å²) in [6.07, 6.45) is 3.34. The third-order valence-corrected chi connectivity index (χ3v) is 2.97. The number of likely N-dealkylation sites (N-methyl/N-ethyl adjacent to an activating group) is 1. The van der Waals surface area contributed by atoms with Gasteiger partial charge in [0.1, 0.15) is 6.61 Å². The van der Waals surface area contributed by atoms with Crippen LogP contribution in [-0.2, 0) is 16.1 Å². The molecule has 0 heterocycles. The van der Waals surface area contributed by atoms with E-state index in [1.165, 1.54) is 6.08 Å². The molecule has 1 aromatic carbocycles. The van der Waals surface area contributed by atoms with Crippen molar-refractivity contribution in [2.75, 3.05) is 7.05 Å². The summed E-state index contributed by atoms with van der Waals surface area (Å²) in [4.78, 5) is 23.1. The highest BCUT2D eigenvalue weighted by Crippen LogP contribution is 2.07. The molecule has 1 atom stereocenters. The van der Waals surface area contributed by atoms with E-state index in [1.807, 2.05) is 30.3 Å². The average molecular weight is 304 g/mol. The van der Waals surface area contributed by atoms with Gasteiger partial charge in [0.15, 0.2) is 0 Å². The Balaban J connectivity index is 2.51. The molecule has 2 amide bonds. The highest BCUT2D eigenvalue weighted by atomic mass is 16.5. The van der Waals surface area contributed by atoms with E-state index in [-0.39, 0.29) is 18.6 Å². The van der Waals surface area contributed by atoms with Gasteiger partial charge in [0, 0.05) is 13.1 Å². The molecule has 22 heavy (non-hydrogen) atoms. The number of rotatable bonds is 7. The van der Waals surface area contributed by atoms with Gasteiger partial charge >= 0.3 is 6.09 Å². The minimum absolute atomic E-state index is 0.201. The van der Waals surface area contributed by atoms with Crippen molar-refractivity contribution in [3.05, 3.63) is 48.0 Å². The first-order chi connectivity index (χ1) is 10.5. The first kappa shape index (κ1) is 17.8. The van der Waals surface area contributed by atoms with Crippen molar-refractivity contribution < 1.29 is 14.3 Å². The molecule has 0 saturated carbocycles. The van der Waals surface area contributed by atoms with Gasteiger partial charge in [0.2, 0.25) is 5.91 Å². The van der Waals surface area contributed by atoms with Gasteiger partial charge in [-0.25, -0.2) is 4.79 Å². The van der Waals surface area contributed by atoms with Crippen LogP contribution in [0, 0.1) is 5.92 Å². The summed E-state index contributed by atoms with van der Waals surface area (Å²) in [6, 6.07) is 9.25. The van der Waals surface area contributed by atoms with Crippen LogP contribution in [0.5, 0.6) is 0 Å². The normalized spacial score (nSPS) is 12.2. The molecule has 0 saturated heterocycles. The zero-order valence-corrected chi connectivity index (χ0v) is 13.3. The minimum Gasteiger partial charge on any atom is -0.445 e. The van der Waals surface area contributed by atoms with Crippen LogP contribution in [0.4, 0.5) is 4.79 Å². The predicted octanol–water partition coefficient (Wildman–Crippen LogP) is 2.63. The molecular formula is C17H24N2O3. The summed E-state index contributed by atoms with van der Waals surface area (Å²) in [5.41, 5.74) is 0.930. The zero-order chi connectivity index (χ0) is 16.4. The predicted molar refractivity (Wildman–Crippen MR) is 86.2 cm³/mol. The smallest absolute Gasteiger partial charge is 0.407 e. The van der Waals surface area contributed by atoms with Crippen molar-refractivity contribution in [2.24, 2.45) is 5.92 Å². The minimum atomic E-state index is -0.490. The van der Waals surface area contributed by atoms with E-state index in [1.54, 1.807) is 13.1 Å². The summed E-state index contributed by atoms with van der Waals surface area (Å²) < 4.78 is 5.19. The molecule has 1 aromatic rings. The van der Waals surface area contributed by atoms with Crippen LogP contribution in [0.3, 0.4) is 0 Å². The molecule has 0 bridgehead atoms. The number of hydrogen-bond donors (Lipinski definition) is 2. The van der Waals surface area contributed by atoms with Crippen LogP contribution in [0.25, 0.3) is 0 Å². The van der Waals surface area contributed by atoms with E-state index < -0.39 is 6.09 Å². The summed E-state index contributed by atoms with van der Waals surface area (Å²) in [6.45, 7) is 4.33. The molecule has 0 aliphatic carbocycles. The molecule has 0 radical (unpaired) electrons. The highest BCUT2D eigenvalue weighted by Gasteiger charge is 2.12. The number of alkyl carbamates (subject to hydrolysis) is 1. The van der Waals surface area contributed by atoms with Crippen molar-refractivity contribution in [1.29, 1.82) is 0 Å². The maximum Gasteiger partial charge on any atom is 0.407 e. The molecule has 0 spiro atoms. The monoisotopic (exact) mass is 304 g/mol. The lowest BCUT2D eigenvalue weighted by Gasteiger charge is -2.17. The van der Waals surface area contributed by atoms with Crippen LogP contribution < -0.4 is 10.6 Å². The topological polar surface area (TPSA) is 67.4 Å². The van der Waals surface area contributed by atoms with E-state index in [2.05, 4.69) is 24.5 Å². The molecule has 0 fully saturated rings. The van der Waals surface area contributed by atoms with Gasteiger partial charge in [-0.1, -0.05) is 50.3 Å². The van der Waals surface area contributed by atoms with Gasteiger partial charge in [0.05, 0.1) is 6.04 Å². The lowest BCUT2D eigenvalue weighted by atomic mass is 10.0. The van der Waals surface area contributed by atoms with Gasteiger partial charge in [-0.05, 0) is 17.9 Å². The first-order valence-corrected chi connectivity index (χ1v) is 7.38. The number of nitrogens with one attached hydrogen (secondary N) is 2. The van der Waals surface area contributed by atoms with Crippen molar-refractivity contribution in [1.82, 2.24) is 10.6 Å². The van der Waals surface area contributed by atoms with Crippen molar-refractivity contribution in [2.45, 2.75) is 32.9 Å². The summed E-state index contributed by atoms with van der Waals surface area (Å²) in [5, 5.41) is 5.27.